The fourth-order valence-electron chi connectivity index (χ4n) is 1.98. The highest BCUT2D eigenvalue weighted by Crippen LogP contribution is 2.29. The third kappa shape index (κ3) is 3.53. The van der Waals surface area contributed by atoms with E-state index in [1.54, 1.807) is 17.5 Å². The van der Waals surface area contributed by atoms with Crippen LogP contribution in [0.2, 0.25) is 0 Å². The summed E-state index contributed by atoms with van der Waals surface area (Å²) in [5.74, 6) is 0. The van der Waals surface area contributed by atoms with Gasteiger partial charge >= 0.3 is 0 Å². The summed E-state index contributed by atoms with van der Waals surface area (Å²) in [4.78, 5) is 2.73. The van der Waals surface area contributed by atoms with Crippen LogP contribution in [0.3, 0.4) is 0 Å². The minimum Gasteiger partial charge on any atom is -0.312 e. The molecule has 4 nitrogen and oxygen atoms in total. The maximum Gasteiger partial charge on any atom is 0.0692 e. The summed E-state index contributed by atoms with van der Waals surface area (Å²) in [5.41, 5.74) is 1.34. The average Bonchev–Trinajstić information content (AvgIpc) is 3.21. The van der Waals surface area contributed by atoms with Crippen LogP contribution in [-0.4, -0.2) is 21.5 Å². The molecule has 0 bridgehead atoms. The van der Waals surface area contributed by atoms with Gasteiger partial charge in [-0.3, -0.25) is 4.68 Å². The van der Waals surface area contributed by atoms with E-state index in [4.69, 9.17) is 0 Å². The largest absolute Gasteiger partial charge is 0.312 e. The van der Waals surface area contributed by atoms with Crippen molar-refractivity contribution in [1.29, 1.82) is 0 Å². The van der Waals surface area contributed by atoms with Crippen molar-refractivity contribution in [3.8, 4) is 10.4 Å². The van der Waals surface area contributed by atoms with Gasteiger partial charge in [0.25, 0.3) is 0 Å². The molecular formula is C14H16N4S2. The molecular weight excluding hydrogens is 288 g/mol. The molecule has 3 aromatic heterocycles. The zero-order chi connectivity index (χ0) is 13.6. The van der Waals surface area contributed by atoms with Crippen LogP contribution in [0.5, 0.6) is 0 Å². The lowest BCUT2D eigenvalue weighted by atomic mass is 10.2. The lowest BCUT2D eigenvalue weighted by Gasteiger charge is -2.02. The lowest BCUT2D eigenvalue weighted by molar-refractivity contribution is 0.531. The van der Waals surface area contributed by atoms with E-state index in [9.17, 15) is 0 Å². The van der Waals surface area contributed by atoms with Gasteiger partial charge in [0.1, 0.15) is 0 Å². The molecule has 0 aromatic carbocycles. The highest BCUT2D eigenvalue weighted by atomic mass is 32.1. The maximum atomic E-state index is 3.95. The van der Waals surface area contributed by atoms with E-state index in [-0.39, 0.29) is 0 Å². The number of hydrogen-bond acceptors (Lipinski definition) is 5. The molecule has 0 spiro atoms. The zero-order valence-electron chi connectivity index (χ0n) is 11.0. The quantitative estimate of drug-likeness (QED) is 0.681. The number of rotatable bonds is 7. The molecule has 0 radical (unpaired) electrons. The van der Waals surface area contributed by atoms with Crippen molar-refractivity contribution in [3.05, 3.63) is 46.2 Å². The second-order valence-corrected chi connectivity index (χ2v) is 6.42. The highest BCUT2D eigenvalue weighted by molar-refractivity contribution is 7.14. The van der Waals surface area contributed by atoms with Gasteiger partial charge in [-0.25, -0.2) is 0 Å². The smallest absolute Gasteiger partial charge is 0.0692 e. The molecule has 0 aliphatic carbocycles. The second-order valence-electron chi connectivity index (χ2n) is 4.48. The summed E-state index contributed by atoms with van der Waals surface area (Å²) in [7, 11) is 0. The zero-order valence-corrected chi connectivity index (χ0v) is 12.7. The SMILES string of the molecule is c1csc(-c2csc(CNCCCn3ccnn3)c2)c1. The van der Waals surface area contributed by atoms with Gasteiger partial charge < -0.3 is 5.32 Å². The van der Waals surface area contributed by atoms with Crippen LogP contribution in [0.25, 0.3) is 10.4 Å². The van der Waals surface area contributed by atoms with Crippen molar-refractivity contribution >= 4 is 22.7 Å². The average molecular weight is 304 g/mol. The molecule has 3 aromatic rings. The monoisotopic (exact) mass is 304 g/mol. The van der Waals surface area contributed by atoms with Crippen molar-refractivity contribution in [1.82, 2.24) is 20.3 Å². The Kier molecular flexibility index (Phi) is 4.57. The highest BCUT2D eigenvalue weighted by Gasteiger charge is 2.03. The van der Waals surface area contributed by atoms with Crippen molar-refractivity contribution in [2.75, 3.05) is 6.54 Å². The van der Waals surface area contributed by atoms with Gasteiger partial charge in [-0.15, -0.1) is 27.8 Å². The third-order valence-electron chi connectivity index (χ3n) is 2.97. The first-order valence-corrected chi connectivity index (χ1v) is 8.34. The van der Waals surface area contributed by atoms with Crippen LogP contribution in [0.1, 0.15) is 11.3 Å². The molecule has 0 fully saturated rings. The number of nitrogens with one attached hydrogen (secondary N) is 1. The molecule has 3 rings (SSSR count). The van der Waals surface area contributed by atoms with Gasteiger partial charge in [0.2, 0.25) is 0 Å². The first-order valence-electron chi connectivity index (χ1n) is 6.58. The molecule has 0 aliphatic heterocycles. The van der Waals surface area contributed by atoms with Crippen LogP contribution in [0.4, 0.5) is 0 Å². The first-order chi connectivity index (χ1) is 9.92. The van der Waals surface area contributed by atoms with Crippen LogP contribution < -0.4 is 5.32 Å². The summed E-state index contributed by atoms with van der Waals surface area (Å²) in [6.45, 7) is 2.84. The van der Waals surface area contributed by atoms with Gasteiger partial charge in [0.15, 0.2) is 0 Å². The van der Waals surface area contributed by atoms with E-state index in [2.05, 4.69) is 44.6 Å². The third-order valence-corrected chi connectivity index (χ3v) is 4.83. The number of aromatic nitrogens is 3. The lowest BCUT2D eigenvalue weighted by Crippen LogP contribution is -2.16. The van der Waals surface area contributed by atoms with Gasteiger partial charge in [0.05, 0.1) is 6.20 Å². The van der Waals surface area contributed by atoms with E-state index in [1.165, 1.54) is 15.3 Å². The minimum atomic E-state index is 0.915. The van der Waals surface area contributed by atoms with E-state index in [0.717, 1.165) is 26.1 Å². The number of aryl methyl sites for hydroxylation is 1. The Morgan fingerprint density at radius 3 is 3.10 bits per heavy atom. The summed E-state index contributed by atoms with van der Waals surface area (Å²) >= 11 is 3.61. The molecule has 6 heteroatoms. The molecule has 0 amide bonds. The Labute approximate surface area is 126 Å². The molecule has 104 valence electrons. The van der Waals surface area contributed by atoms with Gasteiger partial charge in [-0.1, -0.05) is 11.3 Å². The Balaban J connectivity index is 1.40. The number of hydrogen-bond donors (Lipinski definition) is 1. The van der Waals surface area contributed by atoms with Crippen molar-refractivity contribution in [2.24, 2.45) is 0 Å². The molecule has 3 heterocycles. The standard InChI is InChI=1S/C14H16N4S2/c1-3-14(19-8-1)12-9-13(20-11-12)10-15-4-2-6-18-7-5-16-17-18/h1,3,5,7-9,11,15H,2,4,6,10H2. The number of nitrogens with zero attached hydrogens (tertiary/aromatic N) is 3. The maximum absolute atomic E-state index is 3.95. The van der Waals surface area contributed by atoms with Crippen LogP contribution >= 0.6 is 22.7 Å². The molecule has 0 atom stereocenters. The van der Waals surface area contributed by atoms with E-state index >= 15 is 0 Å². The van der Waals surface area contributed by atoms with Crippen LogP contribution in [-0.2, 0) is 13.1 Å². The fourth-order valence-corrected chi connectivity index (χ4v) is 3.62. The Morgan fingerprint density at radius 1 is 1.30 bits per heavy atom. The predicted molar refractivity (Wildman–Crippen MR) is 84.0 cm³/mol. The first kappa shape index (κ1) is 13.5. The summed E-state index contributed by atoms with van der Waals surface area (Å²) in [6, 6.07) is 6.54. The van der Waals surface area contributed by atoms with Gasteiger partial charge in [-0.05, 0) is 35.9 Å². The second kappa shape index (κ2) is 6.78. The minimum absolute atomic E-state index is 0.915. The van der Waals surface area contributed by atoms with E-state index in [1.807, 2.05) is 22.2 Å². The van der Waals surface area contributed by atoms with Crippen LogP contribution in [0.15, 0.2) is 41.4 Å². The molecule has 0 saturated heterocycles. The number of thiophene rings is 2. The summed E-state index contributed by atoms with van der Waals surface area (Å²) in [6.07, 6.45) is 4.67. The van der Waals surface area contributed by atoms with Gasteiger partial charge in [-0.2, -0.15) is 0 Å². The van der Waals surface area contributed by atoms with E-state index in [0.29, 0.717) is 0 Å². The van der Waals surface area contributed by atoms with Crippen molar-refractivity contribution < 1.29 is 0 Å². The molecule has 20 heavy (non-hydrogen) atoms. The normalized spacial score (nSPS) is 11.0. The van der Waals surface area contributed by atoms with E-state index < -0.39 is 0 Å². The van der Waals surface area contributed by atoms with Crippen LogP contribution in [0, 0.1) is 0 Å². The summed E-state index contributed by atoms with van der Waals surface area (Å²) in [5, 5.41) is 15.6. The molecule has 0 aliphatic rings. The molecule has 0 unspecified atom stereocenters. The van der Waals surface area contributed by atoms with Crippen molar-refractivity contribution in [3.63, 3.8) is 0 Å². The fraction of sp³-hybridized carbons (Fsp3) is 0.286. The molecule has 1 N–H and O–H groups in total. The Morgan fingerprint density at radius 2 is 2.30 bits per heavy atom. The Bertz CT molecular complexity index is 613. The summed E-state index contributed by atoms with van der Waals surface area (Å²) < 4.78 is 1.86. The van der Waals surface area contributed by atoms with Crippen molar-refractivity contribution in [2.45, 2.75) is 19.5 Å². The van der Waals surface area contributed by atoms with Gasteiger partial charge in [0, 0.05) is 34.6 Å². The Hall–Kier alpha value is -1.50. The predicted octanol–water partition coefficient (Wildman–Crippen LogP) is 3.25. The molecule has 0 saturated carbocycles. The topological polar surface area (TPSA) is 42.7 Å².